The van der Waals surface area contributed by atoms with E-state index >= 15 is 0 Å². The highest BCUT2D eigenvalue weighted by molar-refractivity contribution is 4.87. The van der Waals surface area contributed by atoms with Crippen LogP contribution in [0.4, 0.5) is 0 Å². The van der Waals surface area contributed by atoms with Crippen LogP contribution in [0.5, 0.6) is 0 Å². The summed E-state index contributed by atoms with van der Waals surface area (Å²) in [4.78, 5) is 0. The van der Waals surface area contributed by atoms with Crippen LogP contribution in [0, 0.1) is 0 Å². The quantitative estimate of drug-likeness (QED) is 0.748. The average Bonchev–Trinajstić information content (AvgIpc) is 2.69. The Morgan fingerprint density at radius 3 is 2.71 bits per heavy atom. The number of rotatable bonds is 3. The van der Waals surface area contributed by atoms with E-state index in [0.29, 0.717) is 6.10 Å². The third-order valence-corrected chi connectivity index (χ3v) is 3.34. The zero-order valence-corrected chi connectivity index (χ0v) is 8.84. The molecule has 0 amide bonds. The monoisotopic (exact) mass is 199 g/mol. The first kappa shape index (κ1) is 10.4. The Kier molecular flexibility index (Phi) is 3.42. The van der Waals surface area contributed by atoms with Gasteiger partial charge in [-0.1, -0.05) is 19.3 Å². The minimum atomic E-state index is -0.0408. The molecule has 0 spiro atoms. The van der Waals surface area contributed by atoms with Crippen LogP contribution in [-0.2, 0) is 9.47 Å². The lowest BCUT2D eigenvalue weighted by atomic mass is 9.83. The van der Waals surface area contributed by atoms with Gasteiger partial charge in [-0.2, -0.15) is 0 Å². The minimum Gasteiger partial charge on any atom is -0.379 e. The molecule has 2 N–H and O–H groups in total. The molecule has 2 rings (SSSR count). The van der Waals surface area contributed by atoms with Crippen LogP contribution < -0.4 is 5.73 Å². The Labute approximate surface area is 85.9 Å². The summed E-state index contributed by atoms with van der Waals surface area (Å²) in [7, 11) is 0. The number of hydrogen-bond acceptors (Lipinski definition) is 3. The minimum absolute atomic E-state index is 0.0408. The van der Waals surface area contributed by atoms with E-state index in [9.17, 15) is 0 Å². The van der Waals surface area contributed by atoms with E-state index in [1.54, 1.807) is 0 Å². The van der Waals surface area contributed by atoms with Crippen LogP contribution in [-0.4, -0.2) is 31.5 Å². The van der Waals surface area contributed by atoms with Gasteiger partial charge in [-0.15, -0.1) is 0 Å². The maximum Gasteiger partial charge on any atom is 0.0831 e. The Morgan fingerprint density at radius 1 is 1.29 bits per heavy atom. The average molecular weight is 199 g/mol. The first-order chi connectivity index (χ1) is 6.79. The Hall–Kier alpha value is -0.120. The van der Waals surface area contributed by atoms with Crippen molar-refractivity contribution in [1.29, 1.82) is 0 Å². The van der Waals surface area contributed by atoms with Gasteiger partial charge >= 0.3 is 0 Å². The van der Waals surface area contributed by atoms with Crippen LogP contribution in [0.1, 0.15) is 38.5 Å². The molecule has 3 nitrogen and oxygen atoms in total. The molecule has 1 saturated heterocycles. The van der Waals surface area contributed by atoms with Crippen molar-refractivity contribution in [2.75, 3.05) is 19.8 Å². The summed E-state index contributed by atoms with van der Waals surface area (Å²) >= 11 is 0. The summed E-state index contributed by atoms with van der Waals surface area (Å²) in [5.74, 6) is 0. The molecule has 3 heteroatoms. The molecule has 82 valence electrons. The summed E-state index contributed by atoms with van der Waals surface area (Å²) < 4.78 is 11.1. The number of ether oxygens (including phenoxy) is 2. The smallest absolute Gasteiger partial charge is 0.0831 e. The third kappa shape index (κ3) is 2.69. The molecule has 1 atom stereocenters. The Balaban J connectivity index is 1.72. The molecule has 2 fully saturated rings. The van der Waals surface area contributed by atoms with Gasteiger partial charge in [-0.05, 0) is 19.3 Å². The summed E-state index contributed by atoms with van der Waals surface area (Å²) in [5.41, 5.74) is 6.23. The van der Waals surface area contributed by atoms with Crippen molar-refractivity contribution >= 4 is 0 Å². The van der Waals surface area contributed by atoms with Gasteiger partial charge in [0.05, 0.1) is 19.3 Å². The van der Waals surface area contributed by atoms with E-state index < -0.39 is 0 Å². The molecule has 0 radical (unpaired) electrons. The second kappa shape index (κ2) is 4.60. The molecule has 0 aromatic heterocycles. The summed E-state index contributed by atoms with van der Waals surface area (Å²) in [6.45, 7) is 2.33. The standard InChI is InChI=1S/C11H21NO2/c12-11(5-2-1-3-6-11)9-14-10-4-7-13-8-10/h10H,1-9,12H2. The van der Waals surface area contributed by atoms with Gasteiger partial charge in [-0.3, -0.25) is 0 Å². The van der Waals surface area contributed by atoms with Crippen molar-refractivity contribution in [3.63, 3.8) is 0 Å². The molecule has 1 aliphatic carbocycles. The highest BCUT2D eigenvalue weighted by atomic mass is 16.5. The van der Waals surface area contributed by atoms with Crippen molar-refractivity contribution in [3.05, 3.63) is 0 Å². The zero-order chi connectivity index (χ0) is 9.86. The number of nitrogens with two attached hydrogens (primary N) is 1. The van der Waals surface area contributed by atoms with Crippen molar-refractivity contribution in [3.8, 4) is 0 Å². The summed E-state index contributed by atoms with van der Waals surface area (Å²) in [6, 6.07) is 0. The van der Waals surface area contributed by atoms with Gasteiger partial charge < -0.3 is 15.2 Å². The fourth-order valence-electron chi connectivity index (χ4n) is 2.33. The predicted octanol–water partition coefficient (Wildman–Crippen LogP) is 1.45. The van der Waals surface area contributed by atoms with Gasteiger partial charge in [0.25, 0.3) is 0 Å². The van der Waals surface area contributed by atoms with Crippen molar-refractivity contribution in [2.45, 2.75) is 50.2 Å². The lowest BCUT2D eigenvalue weighted by Crippen LogP contribution is -2.47. The van der Waals surface area contributed by atoms with E-state index in [2.05, 4.69) is 0 Å². The highest BCUT2D eigenvalue weighted by Gasteiger charge is 2.29. The SMILES string of the molecule is NC1(COC2CCOC2)CCCCC1. The molecule has 1 aliphatic heterocycles. The molecule has 0 aromatic rings. The lowest BCUT2D eigenvalue weighted by Gasteiger charge is -2.33. The normalized spacial score (nSPS) is 31.9. The molecule has 1 unspecified atom stereocenters. The lowest BCUT2D eigenvalue weighted by molar-refractivity contribution is 0.00472. The second-order valence-electron chi connectivity index (χ2n) is 4.72. The van der Waals surface area contributed by atoms with Gasteiger partial charge in [-0.25, -0.2) is 0 Å². The molecule has 14 heavy (non-hydrogen) atoms. The maximum atomic E-state index is 6.27. The van der Waals surface area contributed by atoms with Crippen molar-refractivity contribution < 1.29 is 9.47 Å². The number of hydrogen-bond donors (Lipinski definition) is 1. The fourth-order valence-corrected chi connectivity index (χ4v) is 2.33. The van der Waals surface area contributed by atoms with E-state index in [1.807, 2.05) is 0 Å². The summed E-state index contributed by atoms with van der Waals surface area (Å²) in [5, 5.41) is 0. The first-order valence-corrected chi connectivity index (χ1v) is 5.77. The highest BCUT2D eigenvalue weighted by Crippen LogP contribution is 2.26. The van der Waals surface area contributed by atoms with Gasteiger partial charge in [0.1, 0.15) is 0 Å². The second-order valence-corrected chi connectivity index (χ2v) is 4.72. The molecule has 1 saturated carbocycles. The molecular formula is C11H21NO2. The van der Waals surface area contributed by atoms with Crippen molar-refractivity contribution in [1.82, 2.24) is 0 Å². The molecule has 0 bridgehead atoms. The van der Waals surface area contributed by atoms with E-state index in [4.69, 9.17) is 15.2 Å². The van der Waals surface area contributed by atoms with Crippen LogP contribution in [0.25, 0.3) is 0 Å². The topological polar surface area (TPSA) is 44.5 Å². The first-order valence-electron chi connectivity index (χ1n) is 5.77. The molecule has 0 aromatic carbocycles. The Bertz CT molecular complexity index is 172. The van der Waals surface area contributed by atoms with Crippen LogP contribution in [0.2, 0.25) is 0 Å². The van der Waals surface area contributed by atoms with E-state index in [0.717, 1.165) is 39.1 Å². The van der Waals surface area contributed by atoms with Crippen LogP contribution >= 0.6 is 0 Å². The van der Waals surface area contributed by atoms with Gasteiger partial charge in [0.2, 0.25) is 0 Å². The van der Waals surface area contributed by atoms with E-state index in [1.165, 1.54) is 19.3 Å². The Morgan fingerprint density at radius 2 is 2.07 bits per heavy atom. The molecule has 1 heterocycles. The molecule has 2 aliphatic rings. The summed E-state index contributed by atoms with van der Waals surface area (Å²) in [6.07, 6.45) is 7.46. The zero-order valence-electron chi connectivity index (χ0n) is 8.84. The predicted molar refractivity (Wildman–Crippen MR) is 55.2 cm³/mol. The van der Waals surface area contributed by atoms with E-state index in [-0.39, 0.29) is 5.54 Å². The fraction of sp³-hybridized carbons (Fsp3) is 1.00. The molecular weight excluding hydrogens is 178 g/mol. The van der Waals surface area contributed by atoms with Gasteiger partial charge in [0, 0.05) is 12.1 Å². The third-order valence-electron chi connectivity index (χ3n) is 3.34. The van der Waals surface area contributed by atoms with Crippen LogP contribution in [0.3, 0.4) is 0 Å². The van der Waals surface area contributed by atoms with Crippen molar-refractivity contribution in [2.24, 2.45) is 5.73 Å². The van der Waals surface area contributed by atoms with Crippen LogP contribution in [0.15, 0.2) is 0 Å². The van der Waals surface area contributed by atoms with Gasteiger partial charge in [0.15, 0.2) is 0 Å². The largest absolute Gasteiger partial charge is 0.379 e. The maximum absolute atomic E-state index is 6.27.